The molecule has 0 radical (unpaired) electrons. The minimum atomic E-state index is -1.53. The molecule has 1 heterocycles. The highest BCUT2D eigenvalue weighted by molar-refractivity contribution is 5.97. The highest BCUT2D eigenvalue weighted by Gasteiger charge is 2.36. The van der Waals surface area contributed by atoms with E-state index in [0.717, 1.165) is 51.5 Å². The quantitative estimate of drug-likeness (QED) is 0.0270. The molecule has 12 N–H and O–H groups in total. The summed E-state index contributed by atoms with van der Waals surface area (Å²) >= 11 is 0. The van der Waals surface area contributed by atoms with Gasteiger partial charge in [0.15, 0.2) is 17.3 Å². The average Bonchev–Trinajstić information content (AvgIpc) is 1.27. The standard InChI is InChI=1S/C61H93N7O17.C22H43NO3/c1-7-8-12-46(64-35-54(76)61(5,6)67-57(79)49(65-39(4)70)31-40-17-23-44(71)24-18-40)52(74)34-63-47(53(75)36-68-30-11-14-50(68)38(3)69)13-9-10-29-62-55(77)27-21-42(58(80)81)32-45(72)25-26-48(60(84)85)66-56(78)28-22-43(59(82)83)33-51(73)41-19-15-37(2)16-20-41;1-2-23-21(24)19-17-15-13-11-9-7-5-3-4-6-8-10-12-14-16-18-20-22(25)26/h17-18,23-24,37,41-43,46-50,63-64,71H,7-16,19-22,25-36H2,1-6H3,(H,62,77)(H,65,70)(H,66,78)(H,67,79)(H,80,81)(H,82,83)(H,84,85);2-20H2,1H3,(H,23,24)(H,25,26)/t37?,41?,42-,43-,46+,47+,48+,49-,50+;/m1./s1. The van der Waals surface area contributed by atoms with Crippen molar-refractivity contribution in [3.63, 3.8) is 0 Å². The molecule has 1 saturated heterocycles. The Kier molecular flexibility index (Phi) is 51.1. The zero-order valence-corrected chi connectivity index (χ0v) is 67.6. The summed E-state index contributed by atoms with van der Waals surface area (Å²) < 4.78 is 0. The number of aromatic hydroxyl groups is 1. The van der Waals surface area contributed by atoms with Crippen LogP contribution in [0.5, 0.6) is 5.75 Å². The number of amides is 5. The van der Waals surface area contributed by atoms with Gasteiger partial charge in [0, 0.05) is 77.3 Å². The summed E-state index contributed by atoms with van der Waals surface area (Å²) in [6.45, 7) is 12.6. The number of nitrogens with one attached hydrogen (secondary N) is 7. The summed E-state index contributed by atoms with van der Waals surface area (Å²) in [6, 6.07) is 1.50. The summed E-state index contributed by atoms with van der Waals surface area (Å²) in [7, 11) is 0. The lowest BCUT2D eigenvalue weighted by Gasteiger charge is -2.29. The predicted molar refractivity (Wildman–Crippen MR) is 421 cm³/mol. The Morgan fingerprint density at radius 3 is 1.57 bits per heavy atom. The van der Waals surface area contributed by atoms with E-state index in [2.05, 4.69) is 44.1 Å². The number of phenolic OH excluding ortho intramolecular Hbond substituents is 1. The molecule has 2 aliphatic rings. The second-order valence-electron chi connectivity index (χ2n) is 31.2. The van der Waals surface area contributed by atoms with E-state index in [-0.39, 0.29) is 118 Å². The normalized spacial score (nSPS) is 16.5. The van der Waals surface area contributed by atoms with Crippen LogP contribution in [-0.4, -0.2) is 194 Å². The lowest BCUT2D eigenvalue weighted by Crippen LogP contribution is -2.59. The van der Waals surface area contributed by atoms with Gasteiger partial charge in [0.2, 0.25) is 29.5 Å². The lowest BCUT2D eigenvalue weighted by atomic mass is 9.78. The minimum absolute atomic E-state index is 0.0301. The second kappa shape index (κ2) is 57.2. The number of carboxylic acids is 4. The van der Waals surface area contributed by atoms with Crippen LogP contribution in [0.25, 0.3) is 0 Å². The third-order valence-electron chi connectivity index (χ3n) is 21.1. The third kappa shape index (κ3) is 45.4. The monoisotopic (exact) mass is 1560 g/mol. The fourth-order valence-corrected chi connectivity index (χ4v) is 14.1. The molecular formula is C83H136N8O20. The second-order valence-corrected chi connectivity index (χ2v) is 31.2. The Balaban J connectivity index is 0.00000136. The van der Waals surface area contributed by atoms with Crippen molar-refractivity contribution >= 4 is 88.1 Å². The van der Waals surface area contributed by atoms with Crippen LogP contribution < -0.4 is 37.2 Å². The Morgan fingerprint density at radius 1 is 0.514 bits per heavy atom. The first kappa shape index (κ1) is 99.2. The maximum Gasteiger partial charge on any atom is 0.326 e. The number of phenols is 1. The molecule has 28 heteroatoms. The van der Waals surface area contributed by atoms with Gasteiger partial charge in [0.25, 0.3) is 0 Å². The first-order valence-electron chi connectivity index (χ1n) is 41.2. The highest BCUT2D eigenvalue weighted by atomic mass is 16.4. The fourth-order valence-electron chi connectivity index (χ4n) is 14.1. The molecule has 1 aromatic rings. The average molecular weight is 1570 g/mol. The molecule has 0 bridgehead atoms. The first-order chi connectivity index (χ1) is 52.8. The molecular weight excluding hydrogens is 1430 g/mol. The van der Waals surface area contributed by atoms with E-state index in [1.54, 1.807) is 12.1 Å². The molecule has 2 fully saturated rings. The van der Waals surface area contributed by atoms with Gasteiger partial charge in [-0.05, 0) is 141 Å². The molecule has 0 aromatic heterocycles. The smallest absolute Gasteiger partial charge is 0.326 e. The van der Waals surface area contributed by atoms with Crippen molar-refractivity contribution in [2.24, 2.45) is 23.7 Å². The third-order valence-corrected chi connectivity index (χ3v) is 21.1. The molecule has 5 amide bonds. The number of hydrogen-bond donors (Lipinski definition) is 12. The number of carboxylic acid groups (broad SMARTS) is 4. The van der Waals surface area contributed by atoms with Gasteiger partial charge < -0.3 is 62.8 Å². The first-order valence-corrected chi connectivity index (χ1v) is 41.2. The van der Waals surface area contributed by atoms with Crippen molar-refractivity contribution in [2.45, 2.75) is 335 Å². The predicted octanol–water partition coefficient (Wildman–Crippen LogP) is 9.77. The number of unbranched alkanes of at least 4 members (excludes halogenated alkanes) is 17. The zero-order valence-electron chi connectivity index (χ0n) is 67.6. The summed E-state index contributed by atoms with van der Waals surface area (Å²) in [6.07, 6.45) is 25.7. The Bertz CT molecular complexity index is 3060. The van der Waals surface area contributed by atoms with Crippen LogP contribution in [0.1, 0.15) is 298 Å². The van der Waals surface area contributed by atoms with Crippen molar-refractivity contribution in [1.82, 2.24) is 42.1 Å². The van der Waals surface area contributed by atoms with Crippen LogP contribution in [0.2, 0.25) is 0 Å². The van der Waals surface area contributed by atoms with Crippen molar-refractivity contribution in [3.8, 4) is 5.75 Å². The van der Waals surface area contributed by atoms with E-state index in [1.165, 1.54) is 123 Å². The van der Waals surface area contributed by atoms with Gasteiger partial charge in [-0.15, -0.1) is 0 Å². The summed E-state index contributed by atoms with van der Waals surface area (Å²) in [5, 5.41) is 67.0. The van der Waals surface area contributed by atoms with Gasteiger partial charge in [-0.3, -0.25) is 72.0 Å². The number of rotatable bonds is 63. The molecule has 3 rings (SSSR count). The molecule has 7 atom stereocenters. The number of benzene rings is 1. The highest BCUT2D eigenvalue weighted by Crippen LogP contribution is 2.31. The molecule has 1 aromatic carbocycles. The largest absolute Gasteiger partial charge is 0.508 e. The van der Waals surface area contributed by atoms with Crippen molar-refractivity contribution < 1.29 is 97.5 Å². The molecule has 0 spiro atoms. The number of Topliss-reactive ketones (excluding diaryl/α,β-unsaturated/α-hetero) is 6. The topological polar surface area (TPSA) is 445 Å². The molecule has 628 valence electrons. The summed E-state index contributed by atoms with van der Waals surface area (Å²) in [5.74, 6) is -10.8. The van der Waals surface area contributed by atoms with Crippen LogP contribution in [0.3, 0.4) is 0 Å². The van der Waals surface area contributed by atoms with Gasteiger partial charge in [0.05, 0.1) is 55.1 Å². The minimum Gasteiger partial charge on any atom is -0.508 e. The van der Waals surface area contributed by atoms with E-state index in [4.69, 9.17) is 5.11 Å². The SMILES string of the molecule is CCCC[C@H](NCC(=O)C(C)(C)NC(=O)[C@@H](Cc1ccc(O)cc1)NC(C)=O)C(=O)CN[C@@H](CCCCNC(=O)CC[C@H](CC(=O)CC[C@H](NC(=O)CC[C@H](CC(=O)C1CCC(C)CC1)C(=O)O)C(=O)O)C(=O)O)C(=O)CN1CCC[C@H]1C(C)=O.CCNC(=O)CCCCCCCCCCCCCCCCCCC(=O)O. The fraction of sp³-hybridized carbons (Fsp3) is 0.747. The number of likely N-dealkylation sites (tertiary alicyclic amines) is 1. The van der Waals surface area contributed by atoms with Gasteiger partial charge in [0.1, 0.15) is 35.2 Å². The molecule has 0 unspecified atom stereocenters. The zero-order chi connectivity index (χ0) is 82.7. The number of carbonyl (C=O) groups excluding carboxylic acids is 11. The Morgan fingerprint density at radius 2 is 1.04 bits per heavy atom. The molecule has 1 saturated carbocycles. The Labute approximate surface area is 658 Å². The summed E-state index contributed by atoms with van der Waals surface area (Å²) in [5.41, 5.74) is -0.777. The molecule has 111 heavy (non-hydrogen) atoms. The van der Waals surface area contributed by atoms with Gasteiger partial charge in [-0.25, -0.2) is 4.79 Å². The maximum absolute atomic E-state index is 13.9. The van der Waals surface area contributed by atoms with E-state index in [0.29, 0.717) is 75.8 Å². The van der Waals surface area contributed by atoms with Crippen LogP contribution in [0.15, 0.2) is 24.3 Å². The van der Waals surface area contributed by atoms with Gasteiger partial charge >= 0.3 is 23.9 Å². The van der Waals surface area contributed by atoms with Crippen LogP contribution in [0, 0.1) is 23.7 Å². The lowest BCUT2D eigenvalue weighted by molar-refractivity contribution is -0.145. The molecule has 28 nitrogen and oxygen atoms in total. The van der Waals surface area contributed by atoms with Crippen LogP contribution >= 0.6 is 0 Å². The van der Waals surface area contributed by atoms with Crippen molar-refractivity contribution in [2.75, 3.05) is 39.3 Å². The maximum atomic E-state index is 13.9. The summed E-state index contributed by atoms with van der Waals surface area (Å²) in [4.78, 5) is 190. The number of carbonyl (C=O) groups is 15. The number of nitrogens with zero attached hydrogens (tertiary/aromatic N) is 1. The van der Waals surface area contributed by atoms with Gasteiger partial charge in [-0.1, -0.05) is 142 Å². The molecule has 1 aliphatic carbocycles. The number of hydrogen-bond acceptors (Lipinski definition) is 19. The van der Waals surface area contributed by atoms with Crippen molar-refractivity contribution in [1.29, 1.82) is 0 Å². The van der Waals surface area contributed by atoms with Crippen molar-refractivity contribution in [3.05, 3.63) is 29.8 Å². The van der Waals surface area contributed by atoms with Crippen LogP contribution in [0.4, 0.5) is 0 Å². The number of ketones is 6. The van der Waals surface area contributed by atoms with E-state index < -0.39 is 119 Å². The molecule has 1 aliphatic heterocycles. The van der Waals surface area contributed by atoms with E-state index in [9.17, 15) is 92.3 Å². The number of aliphatic carboxylic acids is 4. The van der Waals surface area contributed by atoms with E-state index >= 15 is 0 Å². The Hall–Kier alpha value is -7.85. The van der Waals surface area contributed by atoms with Gasteiger partial charge in [-0.2, -0.15) is 0 Å². The van der Waals surface area contributed by atoms with Crippen LogP contribution in [-0.2, 0) is 78.3 Å². The van der Waals surface area contributed by atoms with E-state index in [1.807, 2.05) is 18.7 Å².